The van der Waals surface area contributed by atoms with Crippen LogP contribution in [0.1, 0.15) is 22.2 Å². The fraction of sp³-hybridized carbons (Fsp3) is 0.375. The standard InChI is InChI=1S/C16H21NO2S/c1-5-19-16-9-14(6-7-15(16)18-4)17-10-13-8-11(2)20-12(13)3/h6-9,17H,5,10H2,1-4H3. The van der Waals surface area contributed by atoms with Crippen molar-refractivity contribution >= 4 is 17.0 Å². The minimum absolute atomic E-state index is 0.628. The Morgan fingerprint density at radius 1 is 1.15 bits per heavy atom. The van der Waals surface area contributed by atoms with Gasteiger partial charge in [-0.25, -0.2) is 0 Å². The molecular formula is C16H21NO2S. The number of hydrogen-bond donors (Lipinski definition) is 1. The first-order chi connectivity index (χ1) is 9.63. The van der Waals surface area contributed by atoms with E-state index < -0.39 is 0 Å². The van der Waals surface area contributed by atoms with Gasteiger partial charge in [0.1, 0.15) is 0 Å². The predicted molar refractivity (Wildman–Crippen MR) is 85.3 cm³/mol. The zero-order valence-corrected chi connectivity index (χ0v) is 13.3. The average molecular weight is 291 g/mol. The number of thiophene rings is 1. The second-order valence-corrected chi connectivity index (χ2v) is 6.05. The SMILES string of the molecule is CCOc1cc(NCc2cc(C)sc2C)ccc1OC. The largest absolute Gasteiger partial charge is 0.493 e. The van der Waals surface area contributed by atoms with Crippen molar-refractivity contribution in [3.05, 3.63) is 39.6 Å². The maximum Gasteiger partial charge on any atom is 0.163 e. The van der Waals surface area contributed by atoms with Gasteiger partial charge < -0.3 is 14.8 Å². The van der Waals surface area contributed by atoms with E-state index in [0.717, 1.165) is 23.7 Å². The molecule has 4 heteroatoms. The van der Waals surface area contributed by atoms with Crippen molar-refractivity contribution in [1.82, 2.24) is 0 Å². The molecule has 0 aliphatic rings. The van der Waals surface area contributed by atoms with Crippen LogP contribution in [0.3, 0.4) is 0 Å². The quantitative estimate of drug-likeness (QED) is 0.856. The monoisotopic (exact) mass is 291 g/mol. The van der Waals surface area contributed by atoms with E-state index in [2.05, 4.69) is 25.2 Å². The van der Waals surface area contributed by atoms with Crippen molar-refractivity contribution in [3.8, 4) is 11.5 Å². The van der Waals surface area contributed by atoms with E-state index in [-0.39, 0.29) is 0 Å². The van der Waals surface area contributed by atoms with E-state index in [4.69, 9.17) is 9.47 Å². The van der Waals surface area contributed by atoms with E-state index in [1.165, 1.54) is 15.3 Å². The van der Waals surface area contributed by atoms with Gasteiger partial charge in [-0.3, -0.25) is 0 Å². The topological polar surface area (TPSA) is 30.5 Å². The normalized spacial score (nSPS) is 10.4. The summed E-state index contributed by atoms with van der Waals surface area (Å²) in [6.45, 7) is 7.73. The van der Waals surface area contributed by atoms with Gasteiger partial charge in [0.25, 0.3) is 0 Å². The number of hydrogen-bond acceptors (Lipinski definition) is 4. The van der Waals surface area contributed by atoms with Crippen LogP contribution >= 0.6 is 11.3 Å². The van der Waals surface area contributed by atoms with E-state index in [9.17, 15) is 0 Å². The highest BCUT2D eigenvalue weighted by molar-refractivity contribution is 7.12. The van der Waals surface area contributed by atoms with E-state index >= 15 is 0 Å². The van der Waals surface area contributed by atoms with Crippen LogP contribution in [-0.4, -0.2) is 13.7 Å². The molecule has 1 aromatic carbocycles. The highest BCUT2D eigenvalue weighted by atomic mass is 32.1. The van der Waals surface area contributed by atoms with Crippen LogP contribution in [-0.2, 0) is 6.54 Å². The lowest BCUT2D eigenvalue weighted by Gasteiger charge is -2.12. The van der Waals surface area contributed by atoms with Crippen molar-refractivity contribution in [2.45, 2.75) is 27.3 Å². The highest BCUT2D eigenvalue weighted by Crippen LogP contribution is 2.30. The molecule has 0 saturated heterocycles. The van der Waals surface area contributed by atoms with Crippen molar-refractivity contribution in [2.24, 2.45) is 0 Å². The summed E-state index contributed by atoms with van der Waals surface area (Å²) in [7, 11) is 1.66. The molecule has 0 aliphatic carbocycles. The number of aryl methyl sites for hydroxylation is 2. The molecule has 108 valence electrons. The van der Waals surface area contributed by atoms with Crippen molar-refractivity contribution in [2.75, 3.05) is 19.0 Å². The third-order valence-corrected chi connectivity index (χ3v) is 4.10. The molecule has 0 amide bonds. The smallest absolute Gasteiger partial charge is 0.163 e. The molecule has 0 unspecified atom stereocenters. The number of ether oxygens (including phenoxy) is 2. The fourth-order valence-corrected chi connectivity index (χ4v) is 3.06. The van der Waals surface area contributed by atoms with Crippen LogP contribution in [0.2, 0.25) is 0 Å². The summed E-state index contributed by atoms with van der Waals surface area (Å²) >= 11 is 1.84. The van der Waals surface area contributed by atoms with Gasteiger partial charge in [-0.05, 0) is 44.5 Å². The first-order valence-corrected chi connectivity index (χ1v) is 7.56. The Morgan fingerprint density at radius 2 is 1.95 bits per heavy atom. The lowest BCUT2D eigenvalue weighted by Crippen LogP contribution is -2.01. The molecule has 0 fully saturated rings. The molecule has 0 saturated carbocycles. The van der Waals surface area contributed by atoms with Crippen molar-refractivity contribution < 1.29 is 9.47 Å². The Morgan fingerprint density at radius 3 is 2.55 bits per heavy atom. The second-order valence-electron chi connectivity index (χ2n) is 4.59. The Bertz CT molecular complexity index is 578. The summed E-state index contributed by atoms with van der Waals surface area (Å²) in [6, 6.07) is 8.16. The average Bonchev–Trinajstić information content (AvgIpc) is 2.75. The van der Waals surface area contributed by atoms with Gasteiger partial charge >= 0.3 is 0 Å². The minimum atomic E-state index is 0.628. The molecule has 1 heterocycles. The molecule has 0 spiro atoms. The lowest BCUT2D eigenvalue weighted by molar-refractivity contribution is 0.311. The van der Waals surface area contributed by atoms with Gasteiger partial charge in [-0.15, -0.1) is 11.3 Å². The van der Waals surface area contributed by atoms with E-state index in [1.807, 2.05) is 36.5 Å². The molecule has 0 aliphatic heterocycles. The van der Waals surface area contributed by atoms with Gasteiger partial charge in [0, 0.05) is 28.1 Å². The van der Waals surface area contributed by atoms with Crippen LogP contribution in [0, 0.1) is 13.8 Å². The van der Waals surface area contributed by atoms with Gasteiger partial charge in [-0.2, -0.15) is 0 Å². The molecule has 0 radical (unpaired) electrons. The molecule has 2 rings (SSSR count). The first-order valence-electron chi connectivity index (χ1n) is 6.74. The van der Waals surface area contributed by atoms with E-state index in [1.54, 1.807) is 7.11 Å². The molecule has 2 aromatic rings. The third-order valence-electron chi connectivity index (χ3n) is 3.09. The number of benzene rings is 1. The van der Waals surface area contributed by atoms with Gasteiger partial charge in [0.05, 0.1) is 13.7 Å². The zero-order valence-electron chi connectivity index (χ0n) is 12.4. The summed E-state index contributed by atoms with van der Waals surface area (Å²) in [5, 5.41) is 3.44. The number of methoxy groups -OCH3 is 1. The summed E-state index contributed by atoms with van der Waals surface area (Å²) in [6.07, 6.45) is 0. The van der Waals surface area contributed by atoms with Crippen LogP contribution in [0.15, 0.2) is 24.3 Å². The molecule has 1 N–H and O–H groups in total. The third kappa shape index (κ3) is 3.45. The van der Waals surface area contributed by atoms with Gasteiger partial charge in [-0.1, -0.05) is 0 Å². The zero-order chi connectivity index (χ0) is 14.5. The fourth-order valence-electron chi connectivity index (χ4n) is 2.11. The van der Waals surface area contributed by atoms with Crippen LogP contribution in [0.25, 0.3) is 0 Å². The Kier molecular flexibility index (Phi) is 4.90. The maximum absolute atomic E-state index is 5.59. The summed E-state index contributed by atoms with van der Waals surface area (Å²) in [5.74, 6) is 1.54. The molecule has 0 bridgehead atoms. The van der Waals surface area contributed by atoms with Gasteiger partial charge in [0.2, 0.25) is 0 Å². The Labute approximate surface area is 124 Å². The molecule has 0 atom stereocenters. The number of rotatable bonds is 6. The summed E-state index contributed by atoms with van der Waals surface area (Å²) in [5.41, 5.74) is 2.39. The maximum atomic E-state index is 5.59. The molecule has 1 aromatic heterocycles. The van der Waals surface area contributed by atoms with E-state index in [0.29, 0.717) is 6.61 Å². The van der Waals surface area contributed by atoms with Crippen molar-refractivity contribution in [1.29, 1.82) is 0 Å². The lowest BCUT2D eigenvalue weighted by atomic mass is 10.2. The highest BCUT2D eigenvalue weighted by Gasteiger charge is 2.06. The summed E-state index contributed by atoms with van der Waals surface area (Å²) < 4.78 is 10.9. The van der Waals surface area contributed by atoms with Crippen LogP contribution in [0.5, 0.6) is 11.5 Å². The minimum Gasteiger partial charge on any atom is -0.493 e. The Balaban J connectivity index is 2.09. The molecule has 20 heavy (non-hydrogen) atoms. The number of anilines is 1. The number of nitrogens with one attached hydrogen (secondary N) is 1. The Hall–Kier alpha value is -1.68. The van der Waals surface area contributed by atoms with Crippen LogP contribution < -0.4 is 14.8 Å². The van der Waals surface area contributed by atoms with Gasteiger partial charge in [0.15, 0.2) is 11.5 Å². The molecule has 3 nitrogen and oxygen atoms in total. The summed E-state index contributed by atoms with van der Waals surface area (Å²) in [4.78, 5) is 2.72. The second kappa shape index (κ2) is 6.66. The van der Waals surface area contributed by atoms with Crippen LogP contribution in [0.4, 0.5) is 5.69 Å². The molecular weight excluding hydrogens is 270 g/mol. The predicted octanol–water partition coefficient (Wildman–Crippen LogP) is 4.38. The van der Waals surface area contributed by atoms with Crippen molar-refractivity contribution in [3.63, 3.8) is 0 Å². The first kappa shape index (κ1) is 14.7.